The summed E-state index contributed by atoms with van der Waals surface area (Å²) in [6, 6.07) is 0. The van der Waals surface area contributed by atoms with Gasteiger partial charge in [0.1, 0.15) is 31.4 Å². The molecule has 0 rings (SSSR count). The zero-order valence-electron chi connectivity index (χ0n) is 21.7. The van der Waals surface area contributed by atoms with Gasteiger partial charge in [0.2, 0.25) is 0 Å². The molecule has 0 aliphatic rings. The quantitative estimate of drug-likeness (QED) is 0.0559. The number of hydrogen-bond donors (Lipinski definition) is 15. The van der Waals surface area contributed by atoms with Gasteiger partial charge >= 0.3 is 53.2 Å². The van der Waals surface area contributed by atoms with Crippen molar-refractivity contribution >= 4 is 53.2 Å². The van der Waals surface area contributed by atoms with E-state index < -0.39 is 123 Å². The van der Waals surface area contributed by atoms with E-state index in [2.05, 4.69) is 0 Å². The topological polar surface area (TPSA) is 433 Å². The molecule has 0 amide bonds. The second-order valence-corrected chi connectivity index (χ2v) is 20.4. The van der Waals surface area contributed by atoms with Crippen LogP contribution in [-0.2, 0) is 32.0 Å². The van der Waals surface area contributed by atoms with Gasteiger partial charge in [0.05, 0.1) is 6.16 Å². The van der Waals surface area contributed by atoms with Gasteiger partial charge in [-0.15, -0.1) is 0 Å². The highest BCUT2D eigenvalue weighted by Crippen LogP contribution is 2.47. The summed E-state index contributed by atoms with van der Waals surface area (Å²) < 4.78 is 76.3. The Morgan fingerprint density at radius 3 is 0.744 bits per heavy atom. The molecule has 0 spiro atoms. The zero-order chi connectivity index (χ0) is 34.9. The van der Waals surface area contributed by atoms with Crippen molar-refractivity contribution in [3.8, 4) is 0 Å². The Morgan fingerprint density at radius 1 is 0.372 bits per heavy atom. The normalized spacial score (nSPS) is 15.1. The van der Waals surface area contributed by atoms with Crippen LogP contribution in [0, 0.1) is 0 Å². The smallest absolute Gasteiger partial charge is 0.354 e. The first-order valence-corrected chi connectivity index (χ1v) is 23.2. The van der Waals surface area contributed by atoms with Crippen LogP contribution in [0.2, 0.25) is 0 Å². The van der Waals surface area contributed by atoms with Crippen molar-refractivity contribution in [2.24, 2.45) is 0 Å². The third-order valence-corrected chi connectivity index (χ3v) is 10.1. The standard InChI is InChI=1S/C9H28N3O15P5.C2H8O7P2/c13-28(14,15)5-10(1-3-11(6-29(16,17)18)7-30(19,20)21)2-4-12(8-31(22,23)24)9-32(25,26)27;3-2(11(7,8)9)1-10(4,5)6/h1-9H2,(H2,13,14,15)(H2,16,17,18)(H2,19,20,21)(H2,22,23,24)(H2,25,26,27);2-3H,1H2,(H2,4,5,6)(H2,7,8,9). The minimum absolute atomic E-state index is 0.412. The van der Waals surface area contributed by atoms with Gasteiger partial charge in [0.25, 0.3) is 0 Å². The van der Waals surface area contributed by atoms with Gasteiger partial charge < -0.3 is 73.6 Å². The summed E-state index contributed by atoms with van der Waals surface area (Å²) >= 11 is 0. The van der Waals surface area contributed by atoms with E-state index in [9.17, 15) is 41.7 Å². The number of rotatable bonds is 19. The van der Waals surface area contributed by atoms with Crippen LogP contribution in [-0.4, -0.2) is 158 Å². The van der Waals surface area contributed by atoms with E-state index in [4.69, 9.17) is 63.8 Å². The van der Waals surface area contributed by atoms with Gasteiger partial charge in [0, 0.05) is 26.2 Å². The minimum Gasteiger partial charge on any atom is -0.380 e. The molecule has 262 valence electrons. The van der Waals surface area contributed by atoms with Gasteiger partial charge in [-0.1, -0.05) is 0 Å². The van der Waals surface area contributed by atoms with Crippen molar-refractivity contribution in [1.82, 2.24) is 14.7 Å². The summed E-state index contributed by atoms with van der Waals surface area (Å²) in [5, 5.41) is 8.47. The summed E-state index contributed by atoms with van der Waals surface area (Å²) in [5.41, 5.74) is 0. The molecule has 0 heterocycles. The van der Waals surface area contributed by atoms with Crippen LogP contribution >= 0.6 is 53.2 Å². The van der Waals surface area contributed by atoms with Crippen molar-refractivity contribution in [3.63, 3.8) is 0 Å². The second-order valence-electron chi connectivity index (χ2n) is 8.85. The van der Waals surface area contributed by atoms with E-state index >= 15 is 0 Å². The van der Waals surface area contributed by atoms with Gasteiger partial charge in [-0.2, -0.15) is 0 Å². The molecule has 1 unspecified atom stereocenters. The maximum Gasteiger partial charge on any atom is 0.354 e. The van der Waals surface area contributed by atoms with Crippen LogP contribution in [0.1, 0.15) is 0 Å². The Morgan fingerprint density at radius 2 is 0.581 bits per heavy atom. The van der Waals surface area contributed by atoms with Gasteiger partial charge in [0.15, 0.2) is 5.85 Å². The van der Waals surface area contributed by atoms with Crippen LogP contribution in [0.25, 0.3) is 0 Å². The van der Waals surface area contributed by atoms with Crippen molar-refractivity contribution in [1.29, 1.82) is 0 Å². The summed E-state index contributed by atoms with van der Waals surface area (Å²) in [5.74, 6) is -2.29. The van der Waals surface area contributed by atoms with E-state index in [0.29, 0.717) is 9.80 Å². The van der Waals surface area contributed by atoms with Crippen molar-refractivity contribution < 1.29 is 106 Å². The van der Waals surface area contributed by atoms with Gasteiger partial charge in [-0.25, -0.2) is 0 Å². The largest absolute Gasteiger partial charge is 0.380 e. The van der Waals surface area contributed by atoms with Crippen LogP contribution in [0.4, 0.5) is 0 Å². The van der Waals surface area contributed by atoms with E-state index in [1.165, 1.54) is 0 Å². The first-order chi connectivity index (χ1) is 18.6. The fraction of sp³-hybridized carbons (Fsp3) is 1.00. The number of aliphatic hydroxyl groups is 1. The maximum atomic E-state index is 11.4. The molecule has 15 N–H and O–H groups in total. The number of nitrogens with zero attached hydrogens (tertiary/aromatic N) is 3. The van der Waals surface area contributed by atoms with Crippen molar-refractivity contribution in [2.75, 3.05) is 63.8 Å². The highest BCUT2D eigenvalue weighted by Gasteiger charge is 2.33. The van der Waals surface area contributed by atoms with Gasteiger partial charge in [-0.3, -0.25) is 46.7 Å². The first kappa shape index (κ1) is 46.0. The van der Waals surface area contributed by atoms with E-state index in [0.717, 1.165) is 4.90 Å². The minimum atomic E-state index is -4.79. The fourth-order valence-electron chi connectivity index (χ4n) is 2.81. The lowest BCUT2D eigenvalue weighted by Gasteiger charge is -2.30. The SMILES string of the molecule is O=P(O)(O)CC(O)P(=O)(O)O.O=P(O)(O)CN(CCN(CP(=O)(O)O)CP(=O)(O)O)CCN(CP(=O)(O)O)CP(=O)(O)O. The predicted octanol–water partition coefficient (Wildman–Crippen LogP) is -3.77. The molecule has 0 radical (unpaired) electrons. The molecule has 43 heavy (non-hydrogen) atoms. The second kappa shape index (κ2) is 17.9. The molecule has 32 heteroatoms. The van der Waals surface area contributed by atoms with E-state index in [1.807, 2.05) is 0 Å². The van der Waals surface area contributed by atoms with Crippen molar-refractivity contribution in [2.45, 2.75) is 5.85 Å². The molecule has 1 atom stereocenters. The van der Waals surface area contributed by atoms with E-state index in [-0.39, 0.29) is 0 Å². The fourth-order valence-corrected chi connectivity index (χ4v) is 8.90. The van der Waals surface area contributed by atoms with E-state index in [1.54, 1.807) is 0 Å². The highest BCUT2D eigenvalue weighted by atomic mass is 31.2. The molecule has 0 aliphatic carbocycles. The Kier molecular flexibility index (Phi) is 19.1. The molecule has 0 bridgehead atoms. The summed E-state index contributed by atoms with van der Waals surface area (Å²) in [6.45, 7) is -1.78. The summed E-state index contributed by atoms with van der Waals surface area (Å²) in [7, 11) is -33.1. The first-order valence-electron chi connectivity index (χ1n) is 10.7. The summed E-state index contributed by atoms with van der Waals surface area (Å²) in [4.78, 5) is 126. The Labute approximate surface area is 243 Å². The molecule has 25 nitrogen and oxygen atoms in total. The molecule has 0 aromatic rings. The third-order valence-electron chi connectivity index (χ3n) is 4.18. The summed E-state index contributed by atoms with van der Waals surface area (Å²) in [6.07, 6.45) is -6.44. The zero-order valence-corrected chi connectivity index (χ0v) is 27.9. The Bertz CT molecular complexity index is 1090. The molecular formula is C11H36N3O22P7. The molecule has 0 saturated carbocycles. The lowest BCUT2D eigenvalue weighted by Crippen LogP contribution is -2.41. The Hall–Kier alpha value is 0.890. The number of aliphatic hydroxyl groups excluding tert-OH is 1. The Balaban J connectivity index is 0. The third kappa shape index (κ3) is 32.6. The molecular weight excluding hydrogens is 743 g/mol. The number of hydrogen-bond acceptors (Lipinski definition) is 11. The molecule has 0 saturated heterocycles. The molecule has 0 aromatic carbocycles. The average molecular weight is 779 g/mol. The van der Waals surface area contributed by atoms with Crippen LogP contribution in [0.5, 0.6) is 0 Å². The highest BCUT2D eigenvalue weighted by molar-refractivity contribution is 7.56. The lowest BCUT2D eigenvalue weighted by molar-refractivity contribution is 0.198. The average Bonchev–Trinajstić information content (AvgIpc) is 2.62. The van der Waals surface area contributed by atoms with Crippen LogP contribution < -0.4 is 0 Å². The molecule has 0 aliphatic heterocycles. The molecule has 0 fully saturated rings. The molecule has 0 aromatic heterocycles. The van der Waals surface area contributed by atoms with Crippen LogP contribution in [0.3, 0.4) is 0 Å². The van der Waals surface area contributed by atoms with Crippen molar-refractivity contribution in [3.05, 3.63) is 0 Å². The predicted molar refractivity (Wildman–Crippen MR) is 145 cm³/mol. The monoisotopic (exact) mass is 779 g/mol. The lowest BCUT2D eigenvalue weighted by atomic mass is 10.4. The van der Waals surface area contributed by atoms with Gasteiger partial charge in [-0.05, 0) is 0 Å². The van der Waals surface area contributed by atoms with Crippen LogP contribution in [0.15, 0.2) is 0 Å². The maximum absolute atomic E-state index is 11.4.